The summed E-state index contributed by atoms with van der Waals surface area (Å²) in [7, 11) is -5.05. The Morgan fingerprint density at radius 1 is 0.923 bits per heavy atom. The van der Waals surface area contributed by atoms with Crippen molar-refractivity contribution in [1.29, 1.82) is 0 Å². The van der Waals surface area contributed by atoms with Crippen molar-refractivity contribution < 1.29 is 31.2 Å². The number of nitrogens with one attached hydrogen (secondary N) is 2. The normalized spacial score (nSPS) is 19.6. The maximum absolute atomic E-state index is 13.2. The summed E-state index contributed by atoms with van der Waals surface area (Å²) < 4.78 is 64.4. The van der Waals surface area contributed by atoms with Gasteiger partial charge in [-0.3, -0.25) is 14.3 Å². The number of halogens is 3. The topological polar surface area (TPSA) is 121 Å². The number of amides is 2. The Hall–Kier alpha value is -3.52. The molecule has 284 valence electrons. The Morgan fingerprint density at radius 3 is 2.10 bits per heavy atom. The van der Waals surface area contributed by atoms with E-state index in [1.54, 1.807) is 36.4 Å². The van der Waals surface area contributed by atoms with E-state index in [-0.39, 0.29) is 16.7 Å². The van der Waals surface area contributed by atoms with Crippen LogP contribution in [0.4, 0.5) is 18.9 Å². The maximum atomic E-state index is 13.2. The zero-order valence-electron chi connectivity index (χ0n) is 30.3. The number of carbonyl (C=O) groups excluding carboxylic acids is 2. The highest BCUT2D eigenvalue weighted by molar-refractivity contribution is 7.90. The van der Waals surface area contributed by atoms with Gasteiger partial charge >= 0.3 is 6.18 Å². The van der Waals surface area contributed by atoms with E-state index in [2.05, 4.69) is 27.1 Å². The summed E-state index contributed by atoms with van der Waals surface area (Å²) in [5.41, 5.74) is 1.99. The molecule has 1 aliphatic heterocycles. The molecule has 1 aliphatic carbocycles. The minimum absolute atomic E-state index is 0.174. The molecule has 3 heterocycles. The third-order valence-electron chi connectivity index (χ3n) is 10.3. The van der Waals surface area contributed by atoms with E-state index in [0.29, 0.717) is 17.0 Å². The van der Waals surface area contributed by atoms with Crippen LogP contribution in [-0.4, -0.2) is 61.3 Å². The van der Waals surface area contributed by atoms with E-state index in [0.717, 1.165) is 41.4 Å². The lowest BCUT2D eigenvalue weighted by Gasteiger charge is -2.39. The van der Waals surface area contributed by atoms with Gasteiger partial charge in [-0.1, -0.05) is 77.6 Å². The van der Waals surface area contributed by atoms with Gasteiger partial charge in [-0.25, -0.2) is 18.4 Å². The second-order valence-electron chi connectivity index (χ2n) is 15.3. The quantitative estimate of drug-likeness (QED) is 0.194. The molecule has 9 nitrogen and oxygen atoms in total. The number of hydrogen-bond donors (Lipinski definition) is 2. The van der Waals surface area contributed by atoms with Crippen molar-refractivity contribution in [2.24, 2.45) is 17.8 Å². The number of rotatable bonds is 12. The van der Waals surface area contributed by atoms with Crippen LogP contribution in [-0.2, 0) is 26.7 Å². The van der Waals surface area contributed by atoms with Crippen molar-refractivity contribution in [3.8, 4) is 11.4 Å². The minimum atomic E-state index is -5.05. The number of sulfonamides is 1. The lowest BCUT2D eigenvalue weighted by Crippen LogP contribution is -2.50. The Bertz CT molecular complexity index is 1760. The van der Waals surface area contributed by atoms with Gasteiger partial charge < -0.3 is 10.2 Å². The first kappa shape index (κ1) is 39.7. The highest BCUT2D eigenvalue weighted by Crippen LogP contribution is 2.39. The molecule has 0 spiro atoms. The van der Waals surface area contributed by atoms with Gasteiger partial charge in [0.2, 0.25) is 10.0 Å². The van der Waals surface area contributed by atoms with Gasteiger partial charge in [0, 0.05) is 30.0 Å². The summed E-state index contributed by atoms with van der Waals surface area (Å²) >= 11 is 1.22. The number of anilines is 1. The van der Waals surface area contributed by atoms with E-state index in [9.17, 15) is 31.2 Å². The van der Waals surface area contributed by atoms with Crippen LogP contribution in [0.2, 0.25) is 0 Å². The molecule has 14 heteroatoms. The number of carbonyl (C=O) groups is 2. The fraction of sp³-hybridized carbons (Fsp3) is 0.579. The highest BCUT2D eigenvalue weighted by atomic mass is 32.2. The number of nitrogens with zero attached hydrogens (tertiary/aromatic N) is 3. The molecule has 52 heavy (non-hydrogen) atoms. The summed E-state index contributed by atoms with van der Waals surface area (Å²) in [4.78, 5) is 39.0. The largest absolute Gasteiger partial charge is 0.404 e. The number of thiophene rings is 1. The fourth-order valence-corrected chi connectivity index (χ4v) is 9.34. The highest BCUT2D eigenvalue weighted by Gasteiger charge is 2.37. The number of piperidine rings is 1. The monoisotopic (exact) mass is 761 g/mol. The SMILES string of the molecule is CCCC1CCC(C2CCN(c3cnc(-c4ccc(CC(NC(=O)c5ccc(C(C)(C)C)s5)C(=O)NS(=O)(=O)CC(F)(F)F)cc4)nc3)CC2)CC1. The van der Waals surface area contributed by atoms with Crippen LogP contribution in [0.25, 0.3) is 11.4 Å². The number of hydrogen-bond acceptors (Lipinski definition) is 8. The predicted molar refractivity (Wildman–Crippen MR) is 199 cm³/mol. The number of aromatic nitrogens is 2. The summed E-state index contributed by atoms with van der Waals surface area (Å²) in [5, 5.41) is 2.53. The third kappa shape index (κ3) is 11.0. The van der Waals surface area contributed by atoms with Crippen molar-refractivity contribution in [3.63, 3.8) is 0 Å². The van der Waals surface area contributed by atoms with Crippen molar-refractivity contribution in [2.45, 2.75) is 103 Å². The molecule has 3 aromatic rings. The summed E-state index contributed by atoms with van der Waals surface area (Å²) in [5.74, 6) is -1.07. The first-order valence-electron chi connectivity index (χ1n) is 18.2. The van der Waals surface area contributed by atoms with E-state index in [4.69, 9.17) is 0 Å². The average molecular weight is 762 g/mol. The van der Waals surface area contributed by atoms with Crippen LogP contribution in [0, 0.1) is 17.8 Å². The molecule has 0 bridgehead atoms. The molecule has 2 amide bonds. The molecule has 1 saturated carbocycles. The Balaban J connectivity index is 1.21. The van der Waals surface area contributed by atoms with Crippen LogP contribution in [0.1, 0.15) is 99.2 Å². The molecule has 2 fully saturated rings. The van der Waals surface area contributed by atoms with E-state index in [1.807, 2.05) is 33.2 Å². The van der Waals surface area contributed by atoms with Crippen LogP contribution in [0.3, 0.4) is 0 Å². The number of benzene rings is 1. The lowest BCUT2D eigenvalue weighted by atomic mass is 9.72. The Morgan fingerprint density at radius 2 is 1.54 bits per heavy atom. The van der Waals surface area contributed by atoms with Gasteiger partial charge in [0.1, 0.15) is 6.04 Å². The van der Waals surface area contributed by atoms with Gasteiger partial charge in [-0.05, 0) is 66.5 Å². The maximum Gasteiger partial charge on any atom is 0.404 e. The second-order valence-corrected chi connectivity index (χ2v) is 18.1. The van der Waals surface area contributed by atoms with Crippen molar-refractivity contribution in [2.75, 3.05) is 23.7 Å². The molecule has 2 aromatic heterocycles. The lowest BCUT2D eigenvalue weighted by molar-refractivity contribution is -0.121. The van der Waals surface area contributed by atoms with Gasteiger partial charge in [0.25, 0.3) is 11.8 Å². The molecular weight excluding hydrogens is 712 g/mol. The fourth-order valence-electron chi connectivity index (χ4n) is 7.42. The first-order chi connectivity index (χ1) is 24.5. The van der Waals surface area contributed by atoms with Crippen LogP contribution in [0.15, 0.2) is 48.8 Å². The van der Waals surface area contributed by atoms with Gasteiger partial charge in [-0.15, -0.1) is 11.3 Å². The standard InChI is InChI=1S/C38H50F3N5O4S2/c1-5-6-25-7-11-27(12-8-25)28-17-19-46(20-18-28)30-22-42-34(43-23-30)29-13-9-26(10-14-29)21-31(35(47)45-52(49,50)24-38(39,40)41)44-36(48)32-15-16-33(51-32)37(2,3)4/h9-10,13-16,22-23,25,27-28,31H,5-8,11-12,17-21,24H2,1-4H3,(H,44,48)(H,45,47). The Labute approximate surface area is 309 Å². The van der Waals surface area contributed by atoms with Gasteiger partial charge in [0.15, 0.2) is 11.6 Å². The zero-order chi connectivity index (χ0) is 37.7. The van der Waals surface area contributed by atoms with Crippen LogP contribution >= 0.6 is 11.3 Å². The molecule has 0 radical (unpaired) electrons. The van der Waals surface area contributed by atoms with E-state index >= 15 is 0 Å². The van der Waals surface area contributed by atoms with Crippen LogP contribution in [0.5, 0.6) is 0 Å². The van der Waals surface area contributed by atoms with E-state index < -0.39 is 39.8 Å². The summed E-state index contributed by atoms with van der Waals surface area (Å²) in [6.07, 6.45) is 8.96. The molecular formula is C38H50F3N5O4S2. The second kappa shape index (κ2) is 16.7. The summed E-state index contributed by atoms with van der Waals surface area (Å²) in [6, 6.07) is 8.78. The molecule has 5 rings (SSSR count). The van der Waals surface area contributed by atoms with E-state index in [1.165, 1.54) is 67.4 Å². The molecule has 2 N–H and O–H groups in total. The number of alkyl halides is 3. The average Bonchev–Trinajstić information content (AvgIpc) is 3.60. The molecule has 1 unspecified atom stereocenters. The molecule has 1 aromatic carbocycles. The third-order valence-corrected chi connectivity index (χ3v) is 13.0. The zero-order valence-corrected chi connectivity index (χ0v) is 32.0. The molecule has 2 aliphatic rings. The van der Waals surface area contributed by atoms with Crippen molar-refractivity contribution in [1.82, 2.24) is 20.0 Å². The minimum Gasteiger partial charge on any atom is -0.369 e. The molecule has 1 atom stereocenters. The molecule has 1 saturated heterocycles. The van der Waals surface area contributed by atoms with Crippen molar-refractivity contribution >= 4 is 38.9 Å². The van der Waals surface area contributed by atoms with Crippen LogP contribution < -0.4 is 14.9 Å². The van der Waals surface area contributed by atoms with Crippen molar-refractivity contribution in [3.05, 3.63) is 64.1 Å². The van der Waals surface area contributed by atoms with Gasteiger partial charge in [-0.2, -0.15) is 13.2 Å². The van der Waals surface area contributed by atoms with Gasteiger partial charge in [0.05, 0.1) is 23.0 Å². The Kier molecular flexibility index (Phi) is 12.7. The first-order valence-corrected chi connectivity index (χ1v) is 20.6. The smallest absolute Gasteiger partial charge is 0.369 e. The summed E-state index contributed by atoms with van der Waals surface area (Å²) in [6.45, 7) is 10.2. The predicted octanol–water partition coefficient (Wildman–Crippen LogP) is 7.67.